The molecular formula is C22H27N3O6S. The highest BCUT2D eigenvalue weighted by atomic mass is 32.2. The molecule has 1 fully saturated rings. The molecule has 1 unspecified atom stereocenters. The summed E-state index contributed by atoms with van der Waals surface area (Å²) in [6.45, 7) is 1.13. The molecule has 0 saturated carbocycles. The van der Waals surface area contributed by atoms with Gasteiger partial charge in [0.1, 0.15) is 30.5 Å². The van der Waals surface area contributed by atoms with Crippen LogP contribution in [0.4, 0.5) is 5.69 Å². The fraction of sp³-hybridized carbons (Fsp3) is 0.409. The molecule has 0 aromatic heterocycles. The lowest BCUT2D eigenvalue weighted by Gasteiger charge is -2.39. The number of benzene rings is 2. The quantitative estimate of drug-likeness (QED) is 0.457. The van der Waals surface area contributed by atoms with Crippen LogP contribution in [0.1, 0.15) is 12.5 Å². The van der Waals surface area contributed by atoms with Gasteiger partial charge in [-0.3, -0.25) is 0 Å². The molecule has 0 aliphatic carbocycles. The Morgan fingerprint density at radius 2 is 1.78 bits per heavy atom. The van der Waals surface area contributed by atoms with Crippen molar-refractivity contribution in [3.8, 4) is 6.07 Å². The van der Waals surface area contributed by atoms with Crippen molar-refractivity contribution in [2.24, 2.45) is 0 Å². The van der Waals surface area contributed by atoms with Gasteiger partial charge in [0, 0.05) is 26.3 Å². The van der Waals surface area contributed by atoms with E-state index in [2.05, 4.69) is 4.72 Å². The Morgan fingerprint density at radius 3 is 2.44 bits per heavy atom. The summed E-state index contributed by atoms with van der Waals surface area (Å²) in [6.07, 6.45) is -4.84. The molecule has 1 aliphatic rings. The standard InChI is InChI=1S/C22H27N3O6S/c1-13-20(26)22(28)21(27)19(31-13)12-24-32(29,30)18(11-23)9-14-4-5-16-10-17(25(2)3)7-6-15(16)8-14/h4-10,13,19-22,24,26-28H,12H2,1-3H3/b18-9+/t13?,19-,20+,21-,22-/m1/s1. The number of fused-ring (bicyclic) bond motifs is 1. The van der Waals surface area contributed by atoms with Gasteiger partial charge in [0.25, 0.3) is 10.0 Å². The van der Waals surface area contributed by atoms with Crippen molar-refractivity contribution in [3.05, 3.63) is 46.9 Å². The molecule has 172 valence electrons. The summed E-state index contributed by atoms with van der Waals surface area (Å²) in [5.74, 6) is 0. The molecule has 2 aromatic rings. The Balaban J connectivity index is 1.79. The SMILES string of the molecule is CC1O[C@H](CNS(=O)(=O)/C(C#N)=C/c2ccc3cc(N(C)C)ccc3c2)[C@@H](O)[C@H](O)[C@H]1O. The molecule has 10 heteroatoms. The van der Waals surface area contributed by atoms with Crippen LogP contribution in [-0.4, -0.2) is 74.9 Å². The van der Waals surface area contributed by atoms with Crippen molar-refractivity contribution < 1.29 is 28.5 Å². The molecule has 0 bridgehead atoms. The molecule has 4 N–H and O–H groups in total. The fourth-order valence-electron chi connectivity index (χ4n) is 3.52. The maximum atomic E-state index is 12.7. The summed E-state index contributed by atoms with van der Waals surface area (Å²) in [5, 5.41) is 41.0. The second kappa shape index (κ2) is 9.54. The number of nitriles is 1. The van der Waals surface area contributed by atoms with Crippen LogP contribution in [0, 0.1) is 11.3 Å². The molecule has 0 radical (unpaired) electrons. The molecule has 5 atom stereocenters. The summed E-state index contributed by atoms with van der Waals surface area (Å²) in [7, 11) is -0.324. The van der Waals surface area contributed by atoms with Gasteiger partial charge in [-0.25, -0.2) is 13.1 Å². The number of aliphatic hydroxyl groups excluding tert-OH is 3. The lowest BCUT2D eigenvalue weighted by Crippen LogP contribution is -2.59. The van der Waals surface area contributed by atoms with Crippen molar-refractivity contribution in [2.75, 3.05) is 25.5 Å². The van der Waals surface area contributed by atoms with E-state index in [-0.39, 0.29) is 6.54 Å². The Morgan fingerprint density at radius 1 is 1.12 bits per heavy atom. The number of sulfonamides is 1. The third-order valence-corrected chi connectivity index (χ3v) is 6.82. The van der Waals surface area contributed by atoms with Crippen LogP contribution >= 0.6 is 0 Å². The number of hydrogen-bond acceptors (Lipinski definition) is 8. The zero-order valence-corrected chi connectivity index (χ0v) is 18.8. The van der Waals surface area contributed by atoms with Gasteiger partial charge in [0.05, 0.1) is 6.10 Å². The maximum absolute atomic E-state index is 12.7. The molecule has 0 spiro atoms. The second-order valence-corrected chi connectivity index (χ2v) is 9.74. The summed E-state index contributed by atoms with van der Waals surface area (Å²) in [4.78, 5) is 1.48. The van der Waals surface area contributed by atoms with Crippen LogP contribution in [-0.2, 0) is 14.8 Å². The Hall–Kier alpha value is -2.52. The van der Waals surface area contributed by atoms with Gasteiger partial charge < -0.3 is 25.0 Å². The Kier molecular flexibility index (Phi) is 7.19. The number of allylic oxidation sites excluding steroid dienone is 1. The molecule has 1 saturated heterocycles. The zero-order valence-electron chi connectivity index (χ0n) is 18.0. The highest BCUT2D eigenvalue weighted by Gasteiger charge is 2.42. The molecule has 1 heterocycles. The van der Waals surface area contributed by atoms with Crippen LogP contribution < -0.4 is 9.62 Å². The van der Waals surface area contributed by atoms with E-state index in [1.165, 1.54) is 13.0 Å². The van der Waals surface area contributed by atoms with Crippen molar-refractivity contribution in [2.45, 2.75) is 37.4 Å². The molecule has 9 nitrogen and oxygen atoms in total. The average Bonchev–Trinajstić information content (AvgIpc) is 2.76. The first-order valence-corrected chi connectivity index (χ1v) is 11.5. The number of anilines is 1. The van der Waals surface area contributed by atoms with Crippen molar-refractivity contribution in [1.82, 2.24) is 4.72 Å². The normalized spacial score (nSPS) is 26.7. The van der Waals surface area contributed by atoms with E-state index in [1.54, 1.807) is 18.2 Å². The smallest absolute Gasteiger partial charge is 0.250 e. The first-order valence-electron chi connectivity index (χ1n) is 10.1. The third kappa shape index (κ3) is 5.10. The van der Waals surface area contributed by atoms with Crippen LogP contribution in [0.5, 0.6) is 0 Å². The van der Waals surface area contributed by atoms with Crippen LogP contribution in [0.2, 0.25) is 0 Å². The van der Waals surface area contributed by atoms with Gasteiger partial charge in [0.2, 0.25) is 0 Å². The topological polar surface area (TPSA) is 143 Å². The van der Waals surface area contributed by atoms with E-state index < -0.39 is 45.4 Å². The zero-order chi connectivity index (χ0) is 23.6. The van der Waals surface area contributed by atoms with E-state index in [1.807, 2.05) is 43.3 Å². The minimum absolute atomic E-state index is 0.373. The minimum Gasteiger partial charge on any atom is -0.388 e. The van der Waals surface area contributed by atoms with Gasteiger partial charge in [-0.05, 0) is 47.5 Å². The largest absolute Gasteiger partial charge is 0.388 e. The van der Waals surface area contributed by atoms with E-state index >= 15 is 0 Å². The molecule has 2 aromatic carbocycles. The van der Waals surface area contributed by atoms with E-state index in [9.17, 15) is 29.0 Å². The first kappa shape index (κ1) is 24.1. The molecule has 32 heavy (non-hydrogen) atoms. The summed E-state index contributed by atoms with van der Waals surface area (Å²) in [5.41, 5.74) is 1.57. The highest BCUT2D eigenvalue weighted by Crippen LogP contribution is 2.24. The summed E-state index contributed by atoms with van der Waals surface area (Å²) in [6, 6.07) is 12.9. The van der Waals surface area contributed by atoms with Crippen LogP contribution in [0.15, 0.2) is 41.3 Å². The first-order chi connectivity index (χ1) is 15.0. The predicted octanol–water partition coefficient (Wildman–Crippen LogP) is 0.560. The number of aliphatic hydroxyl groups is 3. The Bertz CT molecular complexity index is 1160. The van der Waals surface area contributed by atoms with Crippen LogP contribution in [0.3, 0.4) is 0 Å². The number of rotatable bonds is 6. The predicted molar refractivity (Wildman–Crippen MR) is 121 cm³/mol. The number of ether oxygens (including phenoxy) is 1. The van der Waals surface area contributed by atoms with E-state index in [0.717, 1.165) is 16.5 Å². The average molecular weight is 462 g/mol. The fourth-order valence-corrected chi connectivity index (χ4v) is 4.47. The molecule has 0 amide bonds. The maximum Gasteiger partial charge on any atom is 0.250 e. The lowest BCUT2D eigenvalue weighted by atomic mass is 9.96. The van der Waals surface area contributed by atoms with E-state index in [0.29, 0.717) is 5.56 Å². The van der Waals surface area contributed by atoms with Crippen molar-refractivity contribution in [3.63, 3.8) is 0 Å². The number of nitrogens with zero attached hydrogens (tertiary/aromatic N) is 2. The second-order valence-electron chi connectivity index (χ2n) is 8.01. The monoisotopic (exact) mass is 461 g/mol. The lowest BCUT2D eigenvalue weighted by molar-refractivity contribution is -0.214. The van der Waals surface area contributed by atoms with E-state index in [4.69, 9.17) is 4.74 Å². The summed E-state index contributed by atoms with van der Waals surface area (Å²) >= 11 is 0. The van der Waals surface area contributed by atoms with Gasteiger partial charge in [0.15, 0.2) is 4.91 Å². The Labute approximate surface area is 187 Å². The van der Waals surface area contributed by atoms with Crippen molar-refractivity contribution >= 4 is 32.6 Å². The van der Waals surface area contributed by atoms with Gasteiger partial charge >= 0.3 is 0 Å². The van der Waals surface area contributed by atoms with Crippen molar-refractivity contribution in [1.29, 1.82) is 5.26 Å². The number of nitrogens with one attached hydrogen (secondary N) is 1. The number of hydrogen-bond donors (Lipinski definition) is 4. The molecule has 1 aliphatic heterocycles. The highest BCUT2D eigenvalue weighted by molar-refractivity contribution is 7.93. The summed E-state index contributed by atoms with van der Waals surface area (Å²) < 4.78 is 33.0. The molecular weight excluding hydrogens is 434 g/mol. The van der Waals surface area contributed by atoms with Gasteiger partial charge in [-0.1, -0.05) is 18.2 Å². The van der Waals surface area contributed by atoms with Gasteiger partial charge in [-0.15, -0.1) is 0 Å². The third-order valence-electron chi connectivity index (χ3n) is 5.49. The minimum atomic E-state index is -4.21. The van der Waals surface area contributed by atoms with Gasteiger partial charge in [-0.2, -0.15) is 5.26 Å². The molecule has 3 rings (SSSR count). The van der Waals surface area contributed by atoms with Crippen LogP contribution in [0.25, 0.3) is 16.8 Å².